The molecule has 0 radical (unpaired) electrons. The van der Waals surface area contributed by atoms with Crippen molar-refractivity contribution in [1.29, 1.82) is 0 Å². The molecule has 108 valence electrons. The van der Waals surface area contributed by atoms with Crippen LogP contribution >= 0.6 is 0 Å². The quantitative estimate of drug-likeness (QED) is 0.884. The van der Waals surface area contributed by atoms with E-state index in [-0.39, 0.29) is 5.41 Å². The van der Waals surface area contributed by atoms with Crippen LogP contribution in [0.15, 0.2) is 24.3 Å². The predicted octanol–water partition coefficient (Wildman–Crippen LogP) is 4.32. The third-order valence-electron chi connectivity index (χ3n) is 3.46. The Kier molecular flexibility index (Phi) is 3.63. The third kappa shape index (κ3) is 2.58. The van der Waals surface area contributed by atoms with Crippen molar-refractivity contribution >= 4 is 5.82 Å². The maximum atomic E-state index is 6.37. The molecule has 0 fully saturated rings. The topological polar surface area (TPSA) is 43.8 Å². The minimum Gasteiger partial charge on any atom is -0.383 e. The molecule has 0 amide bonds. The molecule has 0 aliphatic heterocycles. The normalized spacial score (nSPS) is 12.2. The Bertz CT molecular complexity index is 598. The summed E-state index contributed by atoms with van der Waals surface area (Å²) in [7, 11) is 0. The second kappa shape index (κ2) is 4.97. The van der Waals surface area contributed by atoms with E-state index in [1.165, 1.54) is 5.56 Å². The molecule has 0 atom stereocenters. The van der Waals surface area contributed by atoms with Gasteiger partial charge in [-0.25, -0.2) is 4.98 Å². The fraction of sp³-hybridized carbons (Fsp3) is 0.471. The van der Waals surface area contributed by atoms with E-state index in [4.69, 9.17) is 10.7 Å². The minimum atomic E-state index is -0.0265. The first-order chi connectivity index (χ1) is 9.21. The number of hydrogen-bond acceptors (Lipinski definition) is 2. The monoisotopic (exact) mass is 271 g/mol. The molecule has 0 saturated heterocycles. The van der Waals surface area contributed by atoms with Gasteiger partial charge in [0.25, 0.3) is 0 Å². The largest absolute Gasteiger partial charge is 0.383 e. The fourth-order valence-corrected chi connectivity index (χ4v) is 2.42. The van der Waals surface area contributed by atoms with E-state index in [0.717, 1.165) is 22.9 Å². The summed E-state index contributed by atoms with van der Waals surface area (Å²) in [5, 5.41) is 0. The molecule has 1 aromatic heterocycles. The molecule has 20 heavy (non-hydrogen) atoms. The molecule has 3 nitrogen and oxygen atoms in total. The van der Waals surface area contributed by atoms with Crippen molar-refractivity contribution in [1.82, 2.24) is 9.55 Å². The molecule has 2 N–H and O–H groups in total. The van der Waals surface area contributed by atoms with Crippen LogP contribution in [0, 0.1) is 6.92 Å². The zero-order chi connectivity index (χ0) is 15.1. The summed E-state index contributed by atoms with van der Waals surface area (Å²) in [6.07, 6.45) is 0. The van der Waals surface area contributed by atoms with Gasteiger partial charge in [0.15, 0.2) is 0 Å². The molecule has 0 aliphatic rings. The highest BCUT2D eigenvalue weighted by molar-refractivity contribution is 5.71. The van der Waals surface area contributed by atoms with Crippen LogP contribution in [0.25, 0.3) is 11.3 Å². The van der Waals surface area contributed by atoms with Crippen molar-refractivity contribution in [2.45, 2.75) is 53.0 Å². The standard InChI is InChI=1S/C17H25N3/c1-11(2)20-15(18)14(19-16(20)17(4,5)6)13-9-7-12(3)8-10-13/h7-11H,18H2,1-6H3. The lowest BCUT2D eigenvalue weighted by molar-refractivity contribution is 0.473. The van der Waals surface area contributed by atoms with E-state index in [1.54, 1.807) is 0 Å². The van der Waals surface area contributed by atoms with Gasteiger partial charge in [0.2, 0.25) is 0 Å². The summed E-state index contributed by atoms with van der Waals surface area (Å²) in [5.41, 5.74) is 9.56. The first-order valence-corrected chi connectivity index (χ1v) is 7.17. The van der Waals surface area contributed by atoms with Crippen LogP contribution in [0.3, 0.4) is 0 Å². The Hall–Kier alpha value is -1.77. The van der Waals surface area contributed by atoms with E-state index >= 15 is 0 Å². The summed E-state index contributed by atoms with van der Waals surface area (Å²) in [5.74, 6) is 1.80. The number of aromatic nitrogens is 2. The van der Waals surface area contributed by atoms with Crippen LogP contribution in [-0.2, 0) is 5.41 Å². The molecule has 2 aromatic rings. The van der Waals surface area contributed by atoms with Crippen molar-refractivity contribution in [3.8, 4) is 11.3 Å². The average Bonchev–Trinajstić information content (AvgIpc) is 2.68. The van der Waals surface area contributed by atoms with E-state index in [0.29, 0.717) is 6.04 Å². The SMILES string of the molecule is Cc1ccc(-c2nc(C(C)(C)C)n(C(C)C)c2N)cc1. The Balaban J connectivity index is 2.64. The maximum Gasteiger partial charge on any atom is 0.131 e. The van der Waals surface area contributed by atoms with Gasteiger partial charge in [0, 0.05) is 17.0 Å². The summed E-state index contributed by atoms with van der Waals surface area (Å²) in [6.45, 7) is 12.9. The van der Waals surface area contributed by atoms with Gasteiger partial charge in [0.05, 0.1) is 0 Å². The molecule has 3 heteroatoms. The van der Waals surface area contributed by atoms with Gasteiger partial charge < -0.3 is 10.3 Å². The van der Waals surface area contributed by atoms with E-state index in [9.17, 15) is 0 Å². The predicted molar refractivity (Wildman–Crippen MR) is 85.9 cm³/mol. The van der Waals surface area contributed by atoms with Crippen LogP contribution in [-0.4, -0.2) is 9.55 Å². The third-order valence-corrected chi connectivity index (χ3v) is 3.46. The number of nitrogens with zero attached hydrogens (tertiary/aromatic N) is 2. The first-order valence-electron chi connectivity index (χ1n) is 7.17. The summed E-state index contributed by atoms with van der Waals surface area (Å²) < 4.78 is 2.15. The van der Waals surface area contributed by atoms with Gasteiger partial charge in [-0.1, -0.05) is 50.6 Å². The van der Waals surface area contributed by atoms with Crippen molar-refractivity contribution < 1.29 is 0 Å². The maximum absolute atomic E-state index is 6.37. The number of rotatable bonds is 2. The highest BCUT2D eigenvalue weighted by atomic mass is 15.2. The molecule has 0 unspecified atom stereocenters. The van der Waals surface area contributed by atoms with Gasteiger partial charge in [-0.3, -0.25) is 0 Å². The van der Waals surface area contributed by atoms with Crippen molar-refractivity contribution in [2.75, 3.05) is 5.73 Å². The first kappa shape index (κ1) is 14.6. The number of imidazole rings is 1. The molecule has 1 heterocycles. The lowest BCUT2D eigenvalue weighted by atomic mass is 9.95. The Morgan fingerprint density at radius 1 is 1.10 bits per heavy atom. The lowest BCUT2D eigenvalue weighted by Gasteiger charge is -2.22. The van der Waals surface area contributed by atoms with Gasteiger partial charge in [-0.05, 0) is 20.8 Å². The number of aryl methyl sites for hydroxylation is 1. The summed E-state index contributed by atoms with van der Waals surface area (Å²) in [6, 6.07) is 8.67. The molecule has 2 rings (SSSR count). The minimum absolute atomic E-state index is 0.0265. The molecule has 1 aromatic carbocycles. The number of anilines is 1. The van der Waals surface area contributed by atoms with Gasteiger partial charge in [0.1, 0.15) is 17.3 Å². The van der Waals surface area contributed by atoms with Crippen molar-refractivity contribution in [3.05, 3.63) is 35.7 Å². The van der Waals surface area contributed by atoms with Crippen LogP contribution in [0.5, 0.6) is 0 Å². The number of hydrogen-bond donors (Lipinski definition) is 1. The second-order valence-electron chi connectivity index (χ2n) is 6.75. The highest BCUT2D eigenvalue weighted by Crippen LogP contribution is 2.34. The molecule has 0 bridgehead atoms. The lowest BCUT2D eigenvalue weighted by Crippen LogP contribution is -2.21. The Morgan fingerprint density at radius 3 is 2.05 bits per heavy atom. The molecule has 0 spiro atoms. The fourth-order valence-electron chi connectivity index (χ4n) is 2.42. The highest BCUT2D eigenvalue weighted by Gasteiger charge is 2.26. The average molecular weight is 271 g/mol. The van der Waals surface area contributed by atoms with Gasteiger partial charge >= 0.3 is 0 Å². The summed E-state index contributed by atoms with van der Waals surface area (Å²) in [4.78, 5) is 4.84. The van der Waals surface area contributed by atoms with E-state index in [2.05, 4.69) is 70.4 Å². The number of nitrogens with two attached hydrogens (primary N) is 1. The van der Waals surface area contributed by atoms with Crippen LogP contribution in [0.4, 0.5) is 5.82 Å². The van der Waals surface area contributed by atoms with Crippen molar-refractivity contribution in [2.24, 2.45) is 0 Å². The van der Waals surface area contributed by atoms with Gasteiger partial charge in [-0.2, -0.15) is 0 Å². The number of nitrogen functional groups attached to an aromatic ring is 1. The van der Waals surface area contributed by atoms with Crippen LogP contribution in [0.1, 0.15) is 52.0 Å². The molecular formula is C17H25N3. The molecule has 0 aliphatic carbocycles. The van der Waals surface area contributed by atoms with Crippen molar-refractivity contribution in [3.63, 3.8) is 0 Å². The van der Waals surface area contributed by atoms with Gasteiger partial charge in [-0.15, -0.1) is 0 Å². The summed E-state index contributed by atoms with van der Waals surface area (Å²) >= 11 is 0. The van der Waals surface area contributed by atoms with Crippen LogP contribution in [0.2, 0.25) is 0 Å². The zero-order valence-electron chi connectivity index (χ0n) is 13.4. The smallest absolute Gasteiger partial charge is 0.131 e. The number of benzene rings is 1. The second-order valence-corrected chi connectivity index (χ2v) is 6.75. The zero-order valence-corrected chi connectivity index (χ0v) is 13.4. The van der Waals surface area contributed by atoms with Crippen LogP contribution < -0.4 is 5.73 Å². The Morgan fingerprint density at radius 2 is 1.65 bits per heavy atom. The molecule has 0 saturated carbocycles. The Labute approximate surface area is 121 Å². The van der Waals surface area contributed by atoms with E-state index in [1.807, 2.05) is 0 Å². The molecular weight excluding hydrogens is 246 g/mol. The van der Waals surface area contributed by atoms with E-state index < -0.39 is 0 Å².